The van der Waals surface area contributed by atoms with Crippen LogP contribution < -0.4 is 5.32 Å². The number of rotatable bonds is 4. The quantitative estimate of drug-likeness (QED) is 0.798. The Labute approximate surface area is 112 Å². The van der Waals surface area contributed by atoms with E-state index in [0.717, 1.165) is 25.7 Å². The summed E-state index contributed by atoms with van der Waals surface area (Å²) in [6.07, 6.45) is 3.70. The Bertz CT molecular complexity index is 470. The molecule has 1 aliphatic rings. The van der Waals surface area contributed by atoms with E-state index in [-0.39, 0.29) is 5.82 Å². The number of nitrogens with one attached hydrogen (secondary N) is 1. The zero-order chi connectivity index (χ0) is 13.9. The molecule has 6 nitrogen and oxygen atoms in total. The van der Waals surface area contributed by atoms with Crippen LogP contribution in [0.5, 0.6) is 0 Å². The highest BCUT2D eigenvalue weighted by molar-refractivity contribution is 5.85. The number of anilines is 1. The van der Waals surface area contributed by atoms with Crippen molar-refractivity contribution < 1.29 is 14.6 Å². The van der Waals surface area contributed by atoms with Crippen molar-refractivity contribution >= 4 is 11.8 Å². The highest BCUT2D eigenvalue weighted by atomic mass is 16.5. The Hall–Kier alpha value is -1.69. The number of aliphatic hydroxyl groups is 1. The largest absolute Gasteiger partial charge is 0.463 e. The van der Waals surface area contributed by atoms with Gasteiger partial charge in [0.15, 0.2) is 0 Å². The molecule has 2 rings (SSSR count). The number of nitrogens with zero attached hydrogens (tertiary/aromatic N) is 2. The summed E-state index contributed by atoms with van der Waals surface area (Å²) in [5.74, 6) is 0.00275. The molecule has 0 bridgehead atoms. The summed E-state index contributed by atoms with van der Waals surface area (Å²) >= 11 is 0. The fraction of sp³-hybridized carbons (Fsp3) is 0.615. The van der Waals surface area contributed by atoms with E-state index in [0.29, 0.717) is 18.1 Å². The van der Waals surface area contributed by atoms with Gasteiger partial charge in [0, 0.05) is 18.3 Å². The van der Waals surface area contributed by atoms with Crippen molar-refractivity contribution in [2.24, 2.45) is 0 Å². The number of esters is 1. The summed E-state index contributed by atoms with van der Waals surface area (Å²) < 4.78 is 4.60. The van der Waals surface area contributed by atoms with Crippen molar-refractivity contribution in [3.63, 3.8) is 0 Å². The van der Waals surface area contributed by atoms with E-state index in [2.05, 4.69) is 20.0 Å². The lowest BCUT2D eigenvalue weighted by Gasteiger charge is -2.22. The fourth-order valence-corrected chi connectivity index (χ4v) is 2.31. The number of hydrogen-bond acceptors (Lipinski definition) is 6. The van der Waals surface area contributed by atoms with Crippen molar-refractivity contribution in [3.05, 3.63) is 17.6 Å². The maximum absolute atomic E-state index is 11.4. The molecule has 1 aromatic heterocycles. The molecule has 6 heteroatoms. The van der Waals surface area contributed by atoms with Crippen LogP contribution in [0.15, 0.2) is 6.07 Å². The first-order valence-electron chi connectivity index (χ1n) is 6.43. The molecule has 0 atom stereocenters. The van der Waals surface area contributed by atoms with Gasteiger partial charge in [-0.25, -0.2) is 14.8 Å². The van der Waals surface area contributed by atoms with Crippen molar-refractivity contribution in [2.75, 3.05) is 19.0 Å². The van der Waals surface area contributed by atoms with Crippen LogP contribution in [0, 0.1) is 6.92 Å². The average molecular weight is 265 g/mol. The molecule has 19 heavy (non-hydrogen) atoms. The predicted octanol–water partition coefficient (Wildman–Crippen LogP) is 1.29. The van der Waals surface area contributed by atoms with Gasteiger partial charge < -0.3 is 15.2 Å². The van der Waals surface area contributed by atoms with E-state index >= 15 is 0 Å². The van der Waals surface area contributed by atoms with Gasteiger partial charge in [-0.1, -0.05) is 12.8 Å². The highest BCUT2D eigenvalue weighted by Crippen LogP contribution is 2.29. The lowest BCUT2D eigenvalue weighted by molar-refractivity contribution is 0.0586. The maximum atomic E-state index is 11.4. The molecule has 104 valence electrons. The molecule has 0 aromatic carbocycles. The minimum absolute atomic E-state index is 0.0309. The minimum Gasteiger partial charge on any atom is -0.463 e. The summed E-state index contributed by atoms with van der Waals surface area (Å²) in [4.78, 5) is 19.5. The number of aromatic nitrogens is 2. The summed E-state index contributed by atoms with van der Waals surface area (Å²) in [6.45, 7) is 2.22. The second kappa shape index (κ2) is 5.52. The Balaban J connectivity index is 2.07. The first-order valence-corrected chi connectivity index (χ1v) is 6.43. The Morgan fingerprint density at radius 3 is 2.79 bits per heavy atom. The molecule has 0 unspecified atom stereocenters. The van der Waals surface area contributed by atoms with Crippen molar-refractivity contribution in [2.45, 2.75) is 38.2 Å². The van der Waals surface area contributed by atoms with Crippen molar-refractivity contribution in [1.29, 1.82) is 0 Å². The molecule has 1 fully saturated rings. The topological polar surface area (TPSA) is 84.3 Å². The second-order valence-corrected chi connectivity index (χ2v) is 4.99. The van der Waals surface area contributed by atoms with Gasteiger partial charge >= 0.3 is 5.97 Å². The third-order valence-electron chi connectivity index (χ3n) is 3.36. The van der Waals surface area contributed by atoms with Crippen LogP contribution in [0.4, 0.5) is 5.82 Å². The zero-order valence-electron chi connectivity index (χ0n) is 11.3. The van der Waals surface area contributed by atoms with Gasteiger partial charge in [-0.05, 0) is 19.8 Å². The predicted molar refractivity (Wildman–Crippen MR) is 70.0 cm³/mol. The molecule has 1 aliphatic carbocycles. The molecule has 1 saturated carbocycles. The molecule has 1 heterocycles. The Kier molecular flexibility index (Phi) is 3.99. The molecular weight excluding hydrogens is 246 g/mol. The third kappa shape index (κ3) is 3.41. The van der Waals surface area contributed by atoms with Gasteiger partial charge in [-0.2, -0.15) is 0 Å². The van der Waals surface area contributed by atoms with Crippen LogP contribution in [0.25, 0.3) is 0 Å². The lowest BCUT2D eigenvalue weighted by Crippen LogP contribution is -2.33. The van der Waals surface area contributed by atoms with Gasteiger partial charge in [-0.15, -0.1) is 0 Å². The van der Waals surface area contributed by atoms with E-state index in [1.807, 2.05) is 0 Å². The SMILES string of the molecule is COC(=O)c1nc(C)cc(NCC2(O)CCCC2)n1. The smallest absolute Gasteiger partial charge is 0.376 e. The van der Waals surface area contributed by atoms with Gasteiger partial charge in [-0.3, -0.25) is 0 Å². The number of aryl methyl sites for hydroxylation is 1. The molecular formula is C13H19N3O3. The average Bonchev–Trinajstić information content (AvgIpc) is 2.82. The number of methoxy groups -OCH3 is 1. The van der Waals surface area contributed by atoms with Crippen LogP contribution >= 0.6 is 0 Å². The van der Waals surface area contributed by atoms with E-state index in [1.54, 1.807) is 13.0 Å². The van der Waals surface area contributed by atoms with Gasteiger partial charge in [0.25, 0.3) is 0 Å². The molecule has 0 aliphatic heterocycles. The standard InChI is InChI=1S/C13H19N3O3/c1-9-7-10(16-11(15-9)12(17)19-2)14-8-13(18)5-3-4-6-13/h7,18H,3-6,8H2,1-2H3,(H,14,15,16). The second-order valence-electron chi connectivity index (χ2n) is 4.99. The van der Waals surface area contributed by atoms with Crippen LogP contribution in [-0.4, -0.2) is 40.3 Å². The van der Waals surface area contributed by atoms with Crippen LogP contribution in [0.3, 0.4) is 0 Å². The molecule has 0 spiro atoms. The summed E-state index contributed by atoms with van der Waals surface area (Å²) in [6, 6.07) is 1.74. The number of ether oxygens (including phenoxy) is 1. The van der Waals surface area contributed by atoms with E-state index in [1.165, 1.54) is 7.11 Å². The van der Waals surface area contributed by atoms with E-state index in [4.69, 9.17) is 0 Å². The summed E-state index contributed by atoms with van der Waals surface area (Å²) in [7, 11) is 1.29. The molecule has 2 N–H and O–H groups in total. The molecule has 1 aromatic rings. The van der Waals surface area contributed by atoms with Gasteiger partial charge in [0.1, 0.15) is 5.82 Å². The highest BCUT2D eigenvalue weighted by Gasteiger charge is 2.30. The molecule has 0 amide bonds. The maximum Gasteiger partial charge on any atom is 0.376 e. The van der Waals surface area contributed by atoms with Crippen molar-refractivity contribution in [1.82, 2.24) is 9.97 Å². The minimum atomic E-state index is -0.662. The van der Waals surface area contributed by atoms with E-state index in [9.17, 15) is 9.90 Å². The number of hydrogen-bond donors (Lipinski definition) is 2. The van der Waals surface area contributed by atoms with Crippen LogP contribution in [0.1, 0.15) is 42.0 Å². The van der Waals surface area contributed by atoms with Gasteiger partial charge in [0.2, 0.25) is 5.82 Å². The first kappa shape index (κ1) is 13.7. The molecule has 0 saturated heterocycles. The Morgan fingerprint density at radius 1 is 1.47 bits per heavy atom. The molecule has 0 radical (unpaired) electrons. The number of carbonyl (C=O) groups excluding carboxylic acids is 1. The third-order valence-corrected chi connectivity index (χ3v) is 3.36. The summed E-state index contributed by atoms with van der Waals surface area (Å²) in [5.41, 5.74) is 0.0147. The Morgan fingerprint density at radius 2 is 2.16 bits per heavy atom. The summed E-state index contributed by atoms with van der Waals surface area (Å²) in [5, 5.41) is 13.3. The zero-order valence-corrected chi connectivity index (χ0v) is 11.3. The van der Waals surface area contributed by atoms with E-state index < -0.39 is 11.6 Å². The van der Waals surface area contributed by atoms with Gasteiger partial charge in [0.05, 0.1) is 12.7 Å². The normalized spacial score (nSPS) is 17.2. The lowest BCUT2D eigenvalue weighted by atomic mass is 10.0. The number of carbonyl (C=O) groups is 1. The fourth-order valence-electron chi connectivity index (χ4n) is 2.31. The monoisotopic (exact) mass is 265 g/mol. The van der Waals surface area contributed by atoms with Crippen LogP contribution in [0.2, 0.25) is 0 Å². The first-order chi connectivity index (χ1) is 9.02. The van der Waals surface area contributed by atoms with Crippen molar-refractivity contribution in [3.8, 4) is 0 Å². The van der Waals surface area contributed by atoms with Crippen LogP contribution in [-0.2, 0) is 4.74 Å².